The summed E-state index contributed by atoms with van der Waals surface area (Å²) in [5, 5.41) is 0. The smallest absolute Gasteiger partial charge is 0.161 e. The van der Waals surface area contributed by atoms with E-state index in [0.717, 1.165) is 24.7 Å². The first-order valence-electron chi connectivity index (χ1n) is 6.27. The minimum absolute atomic E-state index is 0.0271. The molecule has 1 aliphatic carbocycles. The molecule has 1 aromatic rings. The van der Waals surface area contributed by atoms with Crippen molar-refractivity contribution >= 4 is 17.2 Å². The fourth-order valence-corrected chi connectivity index (χ4v) is 2.10. The summed E-state index contributed by atoms with van der Waals surface area (Å²) in [5.41, 5.74) is 8.25. The van der Waals surface area contributed by atoms with Gasteiger partial charge in [-0.05, 0) is 50.8 Å². The molecule has 0 saturated heterocycles. The van der Waals surface area contributed by atoms with Crippen LogP contribution in [0.2, 0.25) is 0 Å². The molecular formula is C14H20N2O. The zero-order valence-corrected chi connectivity index (χ0v) is 10.6. The zero-order valence-electron chi connectivity index (χ0n) is 10.6. The lowest BCUT2D eigenvalue weighted by molar-refractivity contribution is 0.101. The zero-order chi connectivity index (χ0) is 12.4. The molecule has 0 amide bonds. The summed E-state index contributed by atoms with van der Waals surface area (Å²) in [6.07, 6.45) is 2.69. The van der Waals surface area contributed by atoms with Crippen LogP contribution in [0.4, 0.5) is 11.4 Å². The number of ketones is 1. The van der Waals surface area contributed by atoms with Crippen molar-refractivity contribution in [1.29, 1.82) is 0 Å². The topological polar surface area (TPSA) is 46.3 Å². The van der Waals surface area contributed by atoms with Gasteiger partial charge in [-0.3, -0.25) is 4.79 Å². The Labute approximate surface area is 103 Å². The predicted molar refractivity (Wildman–Crippen MR) is 71.5 cm³/mol. The molecule has 0 bridgehead atoms. The molecule has 17 heavy (non-hydrogen) atoms. The number of rotatable bonds is 5. The van der Waals surface area contributed by atoms with E-state index >= 15 is 0 Å². The molecule has 0 atom stereocenters. The molecule has 92 valence electrons. The average molecular weight is 232 g/mol. The Bertz CT molecular complexity index is 424. The average Bonchev–Trinajstić information content (AvgIpc) is 3.09. The van der Waals surface area contributed by atoms with E-state index in [1.807, 2.05) is 18.2 Å². The molecule has 3 nitrogen and oxygen atoms in total. The lowest BCUT2D eigenvalue weighted by atomic mass is 10.1. The first-order valence-corrected chi connectivity index (χ1v) is 6.27. The number of carbonyl (C=O) groups excluding carboxylic acids is 1. The summed E-state index contributed by atoms with van der Waals surface area (Å²) in [7, 11) is 0. The van der Waals surface area contributed by atoms with Crippen LogP contribution >= 0.6 is 0 Å². The van der Waals surface area contributed by atoms with Gasteiger partial charge in [0.25, 0.3) is 0 Å². The molecule has 2 N–H and O–H groups in total. The molecule has 0 unspecified atom stereocenters. The van der Waals surface area contributed by atoms with Crippen LogP contribution in [0.5, 0.6) is 0 Å². The van der Waals surface area contributed by atoms with E-state index in [1.54, 1.807) is 6.92 Å². The Kier molecular flexibility index (Phi) is 3.36. The fourth-order valence-electron chi connectivity index (χ4n) is 2.10. The van der Waals surface area contributed by atoms with Gasteiger partial charge < -0.3 is 10.6 Å². The van der Waals surface area contributed by atoms with Crippen molar-refractivity contribution in [3.63, 3.8) is 0 Å². The minimum Gasteiger partial charge on any atom is -0.398 e. The molecule has 0 radical (unpaired) electrons. The normalized spacial score (nSPS) is 14.7. The van der Waals surface area contributed by atoms with E-state index in [2.05, 4.69) is 11.8 Å². The first kappa shape index (κ1) is 12.0. The van der Waals surface area contributed by atoms with E-state index < -0.39 is 0 Å². The third kappa shape index (κ3) is 2.78. The lowest BCUT2D eigenvalue weighted by Gasteiger charge is -2.23. The number of nitrogens with two attached hydrogens (primary N) is 1. The van der Waals surface area contributed by atoms with Gasteiger partial charge in [0.15, 0.2) is 5.78 Å². The number of anilines is 2. The van der Waals surface area contributed by atoms with Crippen LogP contribution in [0.1, 0.15) is 37.0 Å². The Hall–Kier alpha value is -1.51. The van der Waals surface area contributed by atoms with Gasteiger partial charge in [0.2, 0.25) is 0 Å². The Morgan fingerprint density at radius 1 is 1.47 bits per heavy atom. The molecule has 1 saturated carbocycles. The van der Waals surface area contributed by atoms with Crippen LogP contribution in [0, 0.1) is 5.92 Å². The van der Waals surface area contributed by atoms with Crippen molar-refractivity contribution in [3.05, 3.63) is 23.8 Å². The summed E-state index contributed by atoms with van der Waals surface area (Å²) in [6.45, 7) is 5.79. The number of nitrogens with zero attached hydrogens (tertiary/aromatic N) is 1. The maximum Gasteiger partial charge on any atom is 0.161 e. The quantitative estimate of drug-likeness (QED) is 0.627. The van der Waals surface area contributed by atoms with Crippen molar-refractivity contribution in [2.24, 2.45) is 5.92 Å². The van der Waals surface area contributed by atoms with Crippen molar-refractivity contribution in [1.82, 2.24) is 0 Å². The lowest BCUT2D eigenvalue weighted by Crippen LogP contribution is -2.25. The Morgan fingerprint density at radius 2 is 2.18 bits per heavy atom. The second kappa shape index (κ2) is 4.78. The number of hydrogen-bond acceptors (Lipinski definition) is 3. The monoisotopic (exact) mass is 232 g/mol. The summed E-state index contributed by atoms with van der Waals surface area (Å²) in [6, 6.07) is 5.75. The van der Waals surface area contributed by atoms with Crippen LogP contribution in [0.15, 0.2) is 18.2 Å². The molecule has 0 spiro atoms. The van der Waals surface area contributed by atoms with Gasteiger partial charge in [-0.15, -0.1) is 0 Å². The molecule has 0 aromatic heterocycles. The second-order valence-corrected chi connectivity index (χ2v) is 4.81. The molecule has 1 fully saturated rings. The van der Waals surface area contributed by atoms with Crippen molar-refractivity contribution < 1.29 is 4.79 Å². The number of benzene rings is 1. The van der Waals surface area contributed by atoms with Gasteiger partial charge in [-0.1, -0.05) is 0 Å². The van der Waals surface area contributed by atoms with E-state index in [1.165, 1.54) is 12.8 Å². The van der Waals surface area contributed by atoms with Gasteiger partial charge in [-0.25, -0.2) is 0 Å². The third-order valence-electron chi connectivity index (χ3n) is 3.34. The maximum absolute atomic E-state index is 11.3. The SMILES string of the molecule is CCN(CC1CC1)c1ccc(C(C)=O)c(N)c1. The Morgan fingerprint density at radius 3 is 2.65 bits per heavy atom. The molecule has 0 aliphatic heterocycles. The molecular weight excluding hydrogens is 212 g/mol. The largest absolute Gasteiger partial charge is 0.398 e. The molecule has 3 heteroatoms. The van der Waals surface area contributed by atoms with Crippen molar-refractivity contribution in [3.8, 4) is 0 Å². The van der Waals surface area contributed by atoms with E-state index in [0.29, 0.717) is 11.3 Å². The summed E-state index contributed by atoms with van der Waals surface area (Å²) >= 11 is 0. The highest BCUT2D eigenvalue weighted by Crippen LogP contribution is 2.32. The van der Waals surface area contributed by atoms with E-state index in [4.69, 9.17) is 5.73 Å². The maximum atomic E-state index is 11.3. The van der Waals surface area contributed by atoms with Crippen molar-refractivity contribution in [2.75, 3.05) is 23.7 Å². The van der Waals surface area contributed by atoms with Crippen molar-refractivity contribution in [2.45, 2.75) is 26.7 Å². The molecule has 0 heterocycles. The van der Waals surface area contributed by atoms with Crippen LogP contribution in [0.25, 0.3) is 0 Å². The minimum atomic E-state index is 0.0271. The van der Waals surface area contributed by atoms with Gasteiger partial charge in [-0.2, -0.15) is 0 Å². The van der Waals surface area contributed by atoms with Gasteiger partial charge in [0.05, 0.1) is 0 Å². The summed E-state index contributed by atoms with van der Waals surface area (Å²) in [4.78, 5) is 13.6. The van der Waals surface area contributed by atoms with Crippen LogP contribution in [-0.2, 0) is 0 Å². The van der Waals surface area contributed by atoms with Gasteiger partial charge in [0.1, 0.15) is 0 Å². The van der Waals surface area contributed by atoms with Gasteiger partial charge in [0, 0.05) is 30.0 Å². The number of carbonyl (C=O) groups is 1. The van der Waals surface area contributed by atoms with Crippen LogP contribution < -0.4 is 10.6 Å². The molecule has 2 rings (SSSR count). The predicted octanol–water partition coefficient (Wildman–Crippen LogP) is 2.71. The van der Waals surface area contributed by atoms with E-state index in [9.17, 15) is 4.79 Å². The fraction of sp³-hybridized carbons (Fsp3) is 0.500. The molecule has 1 aromatic carbocycles. The van der Waals surface area contributed by atoms with Gasteiger partial charge >= 0.3 is 0 Å². The number of Topliss-reactive ketones (excluding diaryl/α,β-unsaturated/α-hetero) is 1. The summed E-state index contributed by atoms with van der Waals surface area (Å²) < 4.78 is 0. The highest BCUT2D eigenvalue weighted by molar-refractivity contribution is 5.99. The Balaban J connectivity index is 2.19. The van der Waals surface area contributed by atoms with Crippen LogP contribution in [0.3, 0.4) is 0 Å². The van der Waals surface area contributed by atoms with Crippen LogP contribution in [-0.4, -0.2) is 18.9 Å². The third-order valence-corrected chi connectivity index (χ3v) is 3.34. The summed E-state index contributed by atoms with van der Waals surface area (Å²) in [5.74, 6) is 0.878. The highest BCUT2D eigenvalue weighted by atomic mass is 16.1. The molecule has 1 aliphatic rings. The highest BCUT2D eigenvalue weighted by Gasteiger charge is 2.24. The first-order chi connectivity index (χ1) is 8.11. The number of nitrogen functional groups attached to an aromatic ring is 1. The van der Waals surface area contributed by atoms with E-state index in [-0.39, 0.29) is 5.78 Å². The standard InChI is InChI=1S/C14H20N2O/c1-3-16(9-11-4-5-11)12-6-7-13(10(2)17)14(15)8-12/h6-8,11H,3-5,9,15H2,1-2H3. The second-order valence-electron chi connectivity index (χ2n) is 4.81. The number of hydrogen-bond donors (Lipinski definition) is 1.